The molecule has 0 aliphatic heterocycles. The third kappa shape index (κ3) is 3.33. The molecule has 0 aliphatic rings. The van der Waals surface area contributed by atoms with Gasteiger partial charge in [0.15, 0.2) is 5.16 Å². The van der Waals surface area contributed by atoms with E-state index in [0.29, 0.717) is 10.9 Å². The Hall–Kier alpha value is -1.82. The summed E-state index contributed by atoms with van der Waals surface area (Å²) < 4.78 is 0. The van der Waals surface area contributed by atoms with Gasteiger partial charge in [0.05, 0.1) is 5.75 Å². The first-order valence-electron chi connectivity index (χ1n) is 5.50. The number of nitrogens with zero attached hydrogens (tertiary/aromatic N) is 2. The van der Waals surface area contributed by atoms with Gasteiger partial charge in [-0.1, -0.05) is 29.5 Å². The Balaban J connectivity index is 1.91. The number of thioether (sulfide) groups is 1. The van der Waals surface area contributed by atoms with Gasteiger partial charge in [0, 0.05) is 5.69 Å². The van der Waals surface area contributed by atoms with Gasteiger partial charge in [0.25, 0.3) is 0 Å². The van der Waals surface area contributed by atoms with Gasteiger partial charge in [-0.25, -0.2) is 4.98 Å². The van der Waals surface area contributed by atoms with Crippen molar-refractivity contribution in [2.45, 2.75) is 19.0 Å². The minimum absolute atomic E-state index is 0.0525. The van der Waals surface area contributed by atoms with Crippen LogP contribution in [0.4, 0.5) is 5.69 Å². The number of benzene rings is 1. The number of nitrogens with one attached hydrogen (secondary N) is 2. The summed E-state index contributed by atoms with van der Waals surface area (Å²) in [4.78, 5) is 15.7. The van der Waals surface area contributed by atoms with Crippen LogP contribution in [0.25, 0.3) is 0 Å². The third-order valence-corrected chi connectivity index (χ3v) is 3.27. The van der Waals surface area contributed by atoms with Crippen molar-refractivity contribution in [1.29, 1.82) is 0 Å². The number of aromatic amines is 1. The SMILES string of the molecule is Cc1ccc(NC(=O)CSc2ncn[nH]2)c(C)c1. The number of hydrogen-bond donors (Lipinski definition) is 2. The average Bonchev–Trinajstić information content (AvgIpc) is 2.83. The van der Waals surface area contributed by atoms with Crippen molar-refractivity contribution in [2.24, 2.45) is 0 Å². The summed E-state index contributed by atoms with van der Waals surface area (Å²) in [6.45, 7) is 4.00. The van der Waals surface area contributed by atoms with Gasteiger partial charge < -0.3 is 5.32 Å². The molecule has 1 heterocycles. The van der Waals surface area contributed by atoms with E-state index in [2.05, 4.69) is 20.5 Å². The first-order chi connectivity index (χ1) is 8.65. The highest BCUT2D eigenvalue weighted by molar-refractivity contribution is 7.99. The minimum Gasteiger partial charge on any atom is -0.325 e. The van der Waals surface area contributed by atoms with Crippen LogP contribution >= 0.6 is 11.8 Å². The van der Waals surface area contributed by atoms with Crippen LogP contribution in [0.15, 0.2) is 29.7 Å². The first kappa shape index (κ1) is 12.6. The molecule has 0 fully saturated rings. The Labute approximate surface area is 109 Å². The molecule has 5 nitrogen and oxygen atoms in total. The lowest BCUT2D eigenvalue weighted by molar-refractivity contribution is -0.113. The fraction of sp³-hybridized carbons (Fsp3) is 0.250. The highest BCUT2D eigenvalue weighted by Crippen LogP contribution is 2.17. The highest BCUT2D eigenvalue weighted by atomic mass is 32.2. The van der Waals surface area contributed by atoms with Crippen LogP contribution in [0, 0.1) is 13.8 Å². The van der Waals surface area contributed by atoms with Gasteiger partial charge in [0.1, 0.15) is 6.33 Å². The third-order valence-electron chi connectivity index (χ3n) is 2.39. The van der Waals surface area contributed by atoms with Crippen molar-refractivity contribution in [3.8, 4) is 0 Å². The summed E-state index contributed by atoms with van der Waals surface area (Å²) in [5.41, 5.74) is 3.10. The Morgan fingerprint density at radius 1 is 1.44 bits per heavy atom. The summed E-state index contributed by atoms with van der Waals surface area (Å²) in [6.07, 6.45) is 1.42. The van der Waals surface area contributed by atoms with E-state index < -0.39 is 0 Å². The van der Waals surface area contributed by atoms with Crippen LogP contribution in [0.1, 0.15) is 11.1 Å². The van der Waals surface area contributed by atoms with Gasteiger partial charge in [0.2, 0.25) is 5.91 Å². The van der Waals surface area contributed by atoms with Crippen LogP contribution in [-0.2, 0) is 4.79 Å². The van der Waals surface area contributed by atoms with E-state index in [0.717, 1.165) is 11.3 Å². The van der Waals surface area contributed by atoms with Crippen LogP contribution in [0.2, 0.25) is 0 Å². The molecule has 0 unspecified atom stereocenters. The van der Waals surface area contributed by atoms with Crippen molar-refractivity contribution in [3.05, 3.63) is 35.7 Å². The van der Waals surface area contributed by atoms with Crippen LogP contribution in [-0.4, -0.2) is 26.8 Å². The molecule has 1 amide bonds. The quantitative estimate of drug-likeness (QED) is 0.828. The van der Waals surface area contributed by atoms with E-state index in [9.17, 15) is 4.79 Å². The number of carbonyl (C=O) groups excluding carboxylic acids is 1. The summed E-state index contributed by atoms with van der Waals surface area (Å²) in [5.74, 6) is 0.256. The van der Waals surface area contributed by atoms with Gasteiger partial charge in [-0.3, -0.25) is 9.89 Å². The maximum absolute atomic E-state index is 11.8. The lowest BCUT2D eigenvalue weighted by Crippen LogP contribution is -2.15. The molecule has 2 rings (SSSR count). The second-order valence-electron chi connectivity index (χ2n) is 3.95. The van der Waals surface area contributed by atoms with Crippen molar-refractivity contribution in [1.82, 2.24) is 15.2 Å². The predicted molar refractivity (Wildman–Crippen MR) is 71.7 cm³/mol. The summed E-state index contributed by atoms with van der Waals surface area (Å²) >= 11 is 1.32. The molecule has 0 spiro atoms. The molecule has 0 aliphatic carbocycles. The lowest BCUT2D eigenvalue weighted by atomic mass is 10.1. The summed E-state index contributed by atoms with van der Waals surface area (Å²) in [5, 5.41) is 9.94. The molecule has 18 heavy (non-hydrogen) atoms. The van der Waals surface area contributed by atoms with Crippen molar-refractivity contribution >= 4 is 23.4 Å². The predicted octanol–water partition coefficient (Wildman–Crippen LogP) is 2.15. The molecule has 0 bridgehead atoms. The van der Waals surface area contributed by atoms with Gasteiger partial charge >= 0.3 is 0 Å². The smallest absolute Gasteiger partial charge is 0.234 e. The summed E-state index contributed by atoms with van der Waals surface area (Å²) in [7, 11) is 0. The number of aryl methyl sites for hydroxylation is 2. The highest BCUT2D eigenvalue weighted by Gasteiger charge is 2.06. The number of rotatable bonds is 4. The van der Waals surface area contributed by atoms with E-state index in [-0.39, 0.29) is 5.91 Å². The molecule has 0 saturated heterocycles. The molecule has 0 saturated carbocycles. The zero-order valence-electron chi connectivity index (χ0n) is 10.2. The molecular formula is C12H14N4OS. The lowest BCUT2D eigenvalue weighted by Gasteiger charge is -2.08. The largest absolute Gasteiger partial charge is 0.325 e. The van der Waals surface area contributed by atoms with Crippen LogP contribution < -0.4 is 5.32 Å². The number of aromatic nitrogens is 3. The topological polar surface area (TPSA) is 70.7 Å². The summed E-state index contributed by atoms with van der Waals surface area (Å²) in [6, 6.07) is 5.94. The first-order valence-corrected chi connectivity index (χ1v) is 6.49. The van der Waals surface area contributed by atoms with Crippen LogP contribution in [0.3, 0.4) is 0 Å². The zero-order valence-corrected chi connectivity index (χ0v) is 11.0. The van der Waals surface area contributed by atoms with Crippen molar-refractivity contribution in [2.75, 3.05) is 11.1 Å². The van der Waals surface area contributed by atoms with E-state index in [1.165, 1.54) is 23.7 Å². The van der Waals surface area contributed by atoms with E-state index in [1.54, 1.807) is 0 Å². The molecule has 6 heteroatoms. The molecule has 1 aromatic heterocycles. The Bertz CT molecular complexity index is 539. The second kappa shape index (κ2) is 5.68. The second-order valence-corrected chi connectivity index (χ2v) is 4.91. The van der Waals surface area contributed by atoms with Gasteiger partial charge in [-0.2, -0.15) is 5.10 Å². The van der Waals surface area contributed by atoms with Gasteiger partial charge in [-0.15, -0.1) is 0 Å². The molecule has 0 radical (unpaired) electrons. The number of anilines is 1. The monoisotopic (exact) mass is 262 g/mol. The number of hydrogen-bond acceptors (Lipinski definition) is 4. The van der Waals surface area contributed by atoms with Crippen molar-refractivity contribution in [3.63, 3.8) is 0 Å². The molecule has 2 aromatic rings. The standard InChI is InChI=1S/C12H14N4OS/c1-8-3-4-10(9(2)5-8)15-11(17)6-18-12-13-7-14-16-12/h3-5,7H,6H2,1-2H3,(H,15,17)(H,13,14,16). The number of amides is 1. The Morgan fingerprint density at radius 2 is 2.28 bits per heavy atom. The maximum Gasteiger partial charge on any atom is 0.234 e. The number of carbonyl (C=O) groups is 1. The minimum atomic E-state index is -0.0525. The molecule has 94 valence electrons. The Kier molecular flexibility index (Phi) is 3.99. The van der Waals surface area contributed by atoms with E-state index in [4.69, 9.17) is 0 Å². The molecule has 0 atom stereocenters. The normalized spacial score (nSPS) is 10.3. The molecular weight excluding hydrogens is 248 g/mol. The molecule has 2 N–H and O–H groups in total. The van der Waals surface area contributed by atoms with Gasteiger partial charge in [-0.05, 0) is 25.5 Å². The van der Waals surface area contributed by atoms with E-state index >= 15 is 0 Å². The van der Waals surface area contributed by atoms with E-state index in [1.807, 2.05) is 32.0 Å². The average molecular weight is 262 g/mol. The van der Waals surface area contributed by atoms with Crippen LogP contribution in [0.5, 0.6) is 0 Å². The fourth-order valence-electron chi connectivity index (χ4n) is 1.54. The number of H-pyrrole nitrogens is 1. The van der Waals surface area contributed by atoms with Crippen molar-refractivity contribution < 1.29 is 4.79 Å². The maximum atomic E-state index is 11.8. The fourth-order valence-corrected chi connectivity index (χ4v) is 2.12. The molecule has 1 aromatic carbocycles. The Morgan fingerprint density at radius 3 is 2.94 bits per heavy atom. The zero-order chi connectivity index (χ0) is 13.0.